The van der Waals surface area contributed by atoms with Crippen LogP contribution in [0, 0.1) is 6.92 Å². The van der Waals surface area contributed by atoms with Gasteiger partial charge < -0.3 is 0 Å². The van der Waals surface area contributed by atoms with Gasteiger partial charge in [-0.25, -0.2) is 13.1 Å². The molecule has 0 fully saturated rings. The Balaban J connectivity index is 2.84. The number of sulfonamides is 1. The average Bonchev–Trinajstić information content (AvgIpc) is 2.63. The maximum atomic E-state index is 11.8. The van der Waals surface area contributed by atoms with E-state index in [0.29, 0.717) is 6.42 Å². The Morgan fingerprint density at radius 1 is 1.50 bits per heavy atom. The summed E-state index contributed by atoms with van der Waals surface area (Å²) < 4.78 is 26.3. The molecular weight excluding hydrogens is 246 g/mol. The molecule has 1 atom stereocenters. The highest BCUT2D eigenvalue weighted by Crippen LogP contribution is 2.20. The molecule has 0 radical (unpaired) electrons. The summed E-state index contributed by atoms with van der Waals surface area (Å²) in [7, 11) is -3.55. The fourth-order valence-electron chi connectivity index (χ4n) is 1.22. The van der Waals surface area contributed by atoms with Crippen molar-refractivity contribution in [1.82, 2.24) is 4.72 Å². The monoisotopic (exact) mass is 261 g/mol. The highest BCUT2D eigenvalue weighted by molar-refractivity contribution is 7.91. The molecule has 0 saturated heterocycles. The van der Waals surface area contributed by atoms with Crippen LogP contribution >= 0.6 is 11.3 Å². The van der Waals surface area contributed by atoms with Crippen LogP contribution in [0.2, 0.25) is 0 Å². The average molecular weight is 261 g/mol. The van der Waals surface area contributed by atoms with E-state index in [9.17, 15) is 13.2 Å². The van der Waals surface area contributed by atoms with Crippen LogP contribution in [0.5, 0.6) is 0 Å². The van der Waals surface area contributed by atoms with Gasteiger partial charge in [-0.05, 0) is 26.0 Å². The minimum absolute atomic E-state index is 0.114. The Kier molecular flexibility index (Phi) is 4.23. The number of hydrogen-bond acceptors (Lipinski definition) is 4. The lowest BCUT2D eigenvalue weighted by Gasteiger charge is -2.10. The first-order valence-electron chi connectivity index (χ1n) is 4.98. The van der Waals surface area contributed by atoms with Crippen molar-refractivity contribution in [2.45, 2.75) is 37.4 Å². The van der Waals surface area contributed by atoms with Crippen LogP contribution in [0.4, 0.5) is 0 Å². The summed E-state index contributed by atoms with van der Waals surface area (Å²) in [5.41, 5.74) is 0. The Morgan fingerprint density at radius 2 is 2.12 bits per heavy atom. The zero-order chi connectivity index (χ0) is 12.3. The Labute approximate surface area is 99.7 Å². The molecule has 0 spiro atoms. The second kappa shape index (κ2) is 5.07. The molecule has 1 aromatic rings. The van der Waals surface area contributed by atoms with Crippen molar-refractivity contribution in [3.05, 3.63) is 17.0 Å². The fraction of sp³-hybridized carbons (Fsp3) is 0.500. The molecule has 1 rings (SSSR count). The van der Waals surface area contributed by atoms with Crippen molar-refractivity contribution < 1.29 is 13.2 Å². The summed E-state index contributed by atoms with van der Waals surface area (Å²) in [5.74, 6) is -0.114. The Hall–Kier alpha value is -0.720. The van der Waals surface area contributed by atoms with E-state index in [4.69, 9.17) is 0 Å². The predicted octanol–water partition coefficient (Wildman–Crippen LogP) is 1.70. The highest BCUT2D eigenvalue weighted by atomic mass is 32.2. The van der Waals surface area contributed by atoms with Gasteiger partial charge in [0.2, 0.25) is 0 Å². The highest BCUT2D eigenvalue weighted by Gasteiger charge is 2.21. The van der Waals surface area contributed by atoms with Crippen LogP contribution < -0.4 is 4.72 Å². The van der Waals surface area contributed by atoms with Gasteiger partial charge in [-0.2, -0.15) is 0 Å². The minimum Gasteiger partial charge on any atom is -0.298 e. The van der Waals surface area contributed by atoms with Crippen LogP contribution in [-0.2, 0) is 14.8 Å². The molecular formula is C10H15NO3S2. The van der Waals surface area contributed by atoms with E-state index < -0.39 is 16.1 Å². The number of thiophene rings is 1. The molecule has 0 aliphatic carbocycles. The quantitative estimate of drug-likeness (QED) is 0.877. The third-order valence-corrected chi connectivity index (χ3v) is 5.18. The summed E-state index contributed by atoms with van der Waals surface area (Å²) in [6, 6.07) is 2.62. The summed E-state index contributed by atoms with van der Waals surface area (Å²) >= 11 is 1.19. The van der Waals surface area contributed by atoms with Crippen molar-refractivity contribution in [2.75, 3.05) is 0 Å². The molecule has 1 heterocycles. The largest absolute Gasteiger partial charge is 0.298 e. The third kappa shape index (κ3) is 3.13. The normalized spacial score (nSPS) is 13.7. The summed E-state index contributed by atoms with van der Waals surface area (Å²) in [4.78, 5) is 12.2. The zero-order valence-electron chi connectivity index (χ0n) is 9.48. The van der Waals surface area contributed by atoms with Crippen molar-refractivity contribution in [1.29, 1.82) is 0 Å². The maximum Gasteiger partial charge on any atom is 0.250 e. The lowest BCUT2D eigenvalue weighted by atomic mass is 10.2. The molecule has 0 bridgehead atoms. The zero-order valence-corrected chi connectivity index (χ0v) is 11.1. The SMILES string of the molecule is CCC(=O)C(C)NS(=O)(=O)c1ccc(C)s1. The molecule has 6 heteroatoms. The minimum atomic E-state index is -3.55. The van der Waals surface area contributed by atoms with Gasteiger partial charge in [-0.1, -0.05) is 6.92 Å². The van der Waals surface area contributed by atoms with Gasteiger partial charge >= 0.3 is 0 Å². The fourth-order valence-corrected chi connectivity index (χ4v) is 3.75. The molecule has 0 aliphatic heterocycles. The number of carbonyl (C=O) groups is 1. The van der Waals surface area contributed by atoms with E-state index in [2.05, 4.69) is 4.72 Å². The van der Waals surface area contributed by atoms with Gasteiger partial charge in [0.25, 0.3) is 10.0 Å². The number of ketones is 1. The topological polar surface area (TPSA) is 63.2 Å². The first-order valence-corrected chi connectivity index (χ1v) is 7.28. The van der Waals surface area contributed by atoms with E-state index in [1.807, 2.05) is 6.92 Å². The summed E-state index contributed by atoms with van der Waals surface area (Å²) in [6.45, 7) is 5.11. The first-order chi connectivity index (χ1) is 7.36. The molecule has 1 unspecified atom stereocenters. The van der Waals surface area contributed by atoms with Crippen molar-refractivity contribution in [3.63, 3.8) is 0 Å². The van der Waals surface area contributed by atoms with Crippen LogP contribution in [0.25, 0.3) is 0 Å². The van der Waals surface area contributed by atoms with Crippen LogP contribution in [0.1, 0.15) is 25.1 Å². The summed E-state index contributed by atoms with van der Waals surface area (Å²) in [5, 5.41) is 0. The molecule has 1 N–H and O–H groups in total. The van der Waals surface area contributed by atoms with Gasteiger partial charge in [0.05, 0.1) is 6.04 Å². The van der Waals surface area contributed by atoms with Crippen LogP contribution in [-0.4, -0.2) is 20.2 Å². The predicted molar refractivity (Wildman–Crippen MR) is 64.1 cm³/mol. The third-order valence-electron chi connectivity index (χ3n) is 2.14. The van der Waals surface area contributed by atoms with E-state index >= 15 is 0 Å². The number of carbonyl (C=O) groups excluding carboxylic acids is 1. The van der Waals surface area contributed by atoms with Gasteiger partial charge in [0.1, 0.15) is 9.99 Å². The molecule has 4 nitrogen and oxygen atoms in total. The van der Waals surface area contributed by atoms with Crippen molar-refractivity contribution in [2.24, 2.45) is 0 Å². The maximum absolute atomic E-state index is 11.8. The molecule has 0 aliphatic rings. The number of nitrogens with one attached hydrogen (secondary N) is 1. The van der Waals surface area contributed by atoms with Crippen molar-refractivity contribution in [3.8, 4) is 0 Å². The Bertz CT molecular complexity index is 476. The molecule has 1 aromatic heterocycles. The number of hydrogen-bond donors (Lipinski definition) is 1. The Morgan fingerprint density at radius 3 is 2.56 bits per heavy atom. The number of rotatable bonds is 5. The van der Waals surface area contributed by atoms with E-state index in [1.165, 1.54) is 11.3 Å². The summed E-state index contributed by atoms with van der Waals surface area (Å²) in [6.07, 6.45) is 0.327. The van der Waals surface area contributed by atoms with E-state index in [0.717, 1.165) is 4.88 Å². The number of aryl methyl sites for hydroxylation is 1. The molecule has 0 saturated carbocycles. The molecule has 0 amide bonds. The van der Waals surface area contributed by atoms with Crippen LogP contribution in [0.15, 0.2) is 16.3 Å². The lowest BCUT2D eigenvalue weighted by molar-refractivity contribution is -0.119. The second-order valence-electron chi connectivity index (χ2n) is 3.53. The van der Waals surface area contributed by atoms with Gasteiger partial charge in [-0.15, -0.1) is 11.3 Å². The number of Topliss-reactive ketones (excluding diaryl/α,β-unsaturated/α-hetero) is 1. The van der Waals surface area contributed by atoms with Gasteiger partial charge in [-0.3, -0.25) is 4.79 Å². The smallest absolute Gasteiger partial charge is 0.250 e. The molecule has 0 aromatic carbocycles. The van der Waals surface area contributed by atoms with Crippen LogP contribution in [0.3, 0.4) is 0 Å². The van der Waals surface area contributed by atoms with E-state index in [1.54, 1.807) is 26.0 Å². The van der Waals surface area contributed by atoms with Gasteiger partial charge in [0, 0.05) is 11.3 Å². The van der Waals surface area contributed by atoms with Gasteiger partial charge in [0.15, 0.2) is 0 Å². The lowest BCUT2D eigenvalue weighted by Crippen LogP contribution is -2.37. The first kappa shape index (κ1) is 13.3. The molecule has 90 valence electrons. The molecule has 16 heavy (non-hydrogen) atoms. The van der Waals surface area contributed by atoms with E-state index in [-0.39, 0.29) is 9.99 Å². The second-order valence-corrected chi connectivity index (χ2v) is 6.76. The standard InChI is InChI=1S/C10H15NO3S2/c1-4-9(12)8(3)11-16(13,14)10-6-5-7(2)15-10/h5-6,8,11H,4H2,1-3H3. The van der Waals surface area contributed by atoms with Crippen molar-refractivity contribution >= 4 is 27.1 Å².